The molecule has 0 unspecified atom stereocenters. The van der Waals surface area contributed by atoms with E-state index in [1.54, 1.807) is 6.07 Å². The average molecular weight is 423 g/mol. The molecule has 2 aromatic carbocycles. The minimum Gasteiger partial charge on any atom is -0.504 e. The molecule has 0 radical (unpaired) electrons. The van der Waals surface area contributed by atoms with Crippen LogP contribution in [0.5, 0.6) is 11.5 Å². The molecule has 0 bridgehead atoms. The van der Waals surface area contributed by atoms with E-state index in [4.69, 9.17) is 9.15 Å². The molecule has 3 aromatic rings. The van der Waals surface area contributed by atoms with Gasteiger partial charge in [0.25, 0.3) is 0 Å². The molecule has 0 spiro atoms. The van der Waals surface area contributed by atoms with E-state index in [0.29, 0.717) is 11.1 Å². The Hall–Kier alpha value is -2.83. The first kappa shape index (κ1) is 21.4. The van der Waals surface area contributed by atoms with Crippen molar-refractivity contribution in [3.63, 3.8) is 0 Å². The lowest BCUT2D eigenvalue weighted by Gasteiger charge is -2.32. The van der Waals surface area contributed by atoms with E-state index >= 15 is 0 Å². The van der Waals surface area contributed by atoms with Gasteiger partial charge in [0.2, 0.25) is 5.75 Å². The maximum absolute atomic E-state index is 12.5. The lowest BCUT2D eigenvalue weighted by Crippen LogP contribution is -2.44. The molecule has 6 nitrogen and oxygen atoms in total. The normalized spacial score (nSPS) is 15.4. The van der Waals surface area contributed by atoms with Crippen molar-refractivity contribution in [1.29, 1.82) is 0 Å². The Morgan fingerprint density at radius 1 is 1.03 bits per heavy atom. The average Bonchev–Trinajstić information content (AvgIpc) is 2.78. The summed E-state index contributed by atoms with van der Waals surface area (Å²) in [4.78, 5) is 17.5. The van der Waals surface area contributed by atoms with Crippen LogP contribution in [0.1, 0.15) is 18.4 Å². The third-order valence-electron chi connectivity index (χ3n) is 6.06. The van der Waals surface area contributed by atoms with Crippen LogP contribution in [0.15, 0.2) is 51.7 Å². The largest absolute Gasteiger partial charge is 0.504 e. The van der Waals surface area contributed by atoms with Crippen LogP contribution in [-0.4, -0.2) is 61.8 Å². The second-order valence-electron chi connectivity index (χ2n) is 8.27. The summed E-state index contributed by atoms with van der Waals surface area (Å²) in [7, 11) is 3.63. The SMILES string of the molecule is COc1c(O)ccc2c(=O)cc(-c3ccc(CCCCN4CCN(C)CC4)cc3)oc12. The van der Waals surface area contributed by atoms with Gasteiger partial charge in [0, 0.05) is 37.8 Å². The number of benzene rings is 2. The smallest absolute Gasteiger partial charge is 0.204 e. The van der Waals surface area contributed by atoms with Gasteiger partial charge in [-0.15, -0.1) is 0 Å². The number of piperazine rings is 1. The molecule has 6 heteroatoms. The standard InChI is InChI=1S/C25H30N2O4/c1-26-13-15-27(16-14-26)12-4-3-5-18-6-8-19(9-7-18)23-17-22(29)20-10-11-21(28)25(30-2)24(20)31-23/h6-11,17,28H,3-5,12-16H2,1-2H3. The van der Waals surface area contributed by atoms with E-state index in [2.05, 4.69) is 29.0 Å². The van der Waals surface area contributed by atoms with Crippen LogP contribution in [0.25, 0.3) is 22.3 Å². The topological polar surface area (TPSA) is 66.2 Å². The van der Waals surface area contributed by atoms with Gasteiger partial charge in [0.05, 0.1) is 12.5 Å². The number of phenolic OH excluding ortho intramolecular Hbond substituents is 1. The molecule has 1 saturated heterocycles. The highest BCUT2D eigenvalue weighted by Gasteiger charge is 2.15. The number of aryl methyl sites for hydroxylation is 1. The number of hydrogen-bond acceptors (Lipinski definition) is 6. The second kappa shape index (κ2) is 9.54. The molecule has 1 fully saturated rings. The molecule has 1 aliphatic rings. The molecule has 0 amide bonds. The van der Waals surface area contributed by atoms with Crippen LogP contribution >= 0.6 is 0 Å². The van der Waals surface area contributed by atoms with Gasteiger partial charge >= 0.3 is 0 Å². The van der Waals surface area contributed by atoms with Crippen molar-refractivity contribution in [3.05, 3.63) is 58.3 Å². The van der Waals surface area contributed by atoms with Gasteiger partial charge in [0.1, 0.15) is 5.76 Å². The van der Waals surface area contributed by atoms with Crippen molar-refractivity contribution in [1.82, 2.24) is 9.80 Å². The van der Waals surface area contributed by atoms with Gasteiger partial charge in [-0.05, 0) is 50.6 Å². The monoisotopic (exact) mass is 422 g/mol. The molecule has 0 aliphatic carbocycles. The molecule has 2 heterocycles. The lowest BCUT2D eigenvalue weighted by molar-refractivity contribution is 0.152. The van der Waals surface area contributed by atoms with Crippen molar-refractivity contribution >= 4 is 11.0 Å². The molecule has 0 atom stereocenters. The van der Waals surface area contributed by atoms with Crippen LogP contribution in [0, 0.1) is 0 Å². The van der Waals surface area contributed by atoms with Crippen LogP contribution < -0.4 is 10.2 Å². The van der Waals surface area contributed by atoms with Gasteiger partial charge in [-0.2, -0.15) is 0 Å². The van der Waals surface area contributed by atoms with Gasteiger partial charge < -0.3 is 24.1 Å². The number of aromatic hydroxyl groups is 1. The number of rotatable bonds is 7. The van der Waals surface area contributed by atoms with E-state index in [-0.39, 0.29) is 22.5 Å². The Balaban J connectivity index is 1.41. The molecular formula is C25H30N2O4. The summed E-state index contributed by atoms with van der Waals surface area (Å²) in [5.41, 5.74) is 2.20. The Morgan fingerprint density at radius 2 is 1.77 bits per heavy atom. The molecule has 0 saturated carbocycles. The third-order valence-corrected chi connectivity index (χ3v) is 6.06. The molecule has 1 N–H and O–H groups in total. The first-order chi connectivity index (χ1) is 15.0. The quantitative estimate of drug-likeness (QED) is 0.585. The van der Waals surface area contributed by atoms with Gasteiger partial charge in [-0.3, -0.25) is 4.79 Å². The van der Waals surface area contributed by atoms with Crippen LogP contribution in [0.4, 0.5) is 0 Å². The highest BCUT2D eigenvalue weighted by Crippen LogP contribution is 2.35. The number of hydrogen-bond donors (Lipinski definition) is 1. The third kappa shape index (κ3) is 4.92. The van der Waals surface area contributed by atoms with E-state index in [1.165, 1.54) is 50.9 Å². The summed E-state index contributed by atoms with van der Waals surface area (Å²) in [5.74, 6) is 0.582. The molecule has 31 heavy (non-hydrogen) atoms. The number of unbranched alkanes of at least 4 members (excludes halogenated alkanes) is 1. The fourth-order valence-corrected chi connectivity index (χ4v) is 4.10. The Labute approximate surface area is 182 Å². The molecule has 1 aliphatic heterocycles. The van der Waals surface area contributed by atoms with Gasteiger partial charge in [0.15, 0.2) is 16.8 Å². The summed E-state index contributed by atoms with van der Waals surface area (Å²) in [5, 5.41) is 10.4. The Bertz CT molecular complexity index is 1080. The number of likely N-dealkylation sites (N-methyl/N-ethyl adjacent to an activating group) is 1. The summed E-state index contributed by atoms with van der Waals surface area (Å²) >= 11 is 0. The van der Waals surface area contributed by atoms with Crippen molar-refractivity contribution in [3.8, 4) is 22.8 Å². The van der Waals surface area contributed by atoms with E-state index < -0.39 is 0 Å². The minimum absolute atomic E-state index is 0.0535. The number of methoxy groups -OCH3 is 1. The maximum atomic E-state index is 12.5. The zero-order valence-electron chi connectivity index (χ0n) is 18.3. The molecule has 1 aromatic heterocycles. The number of nitrogens with zero attached hydrogens (tertiary/aromatic N) is 2. The lowest BCUT2D eigenvalue weighted by atomic mass is 10.0. The number of phenols is 1. The zero-order valence-corrected chi connectivity index (χ0v) is 18.3. The van der Waals surface area contributed by atoms with E-state index in [9.17, 15) is 9.90 Å². The molecule has 164 valence electrons. The summed E-state index contributed by atoms with van der Waals surface area (Å²) < 4.78 is 11.2. The summed E-state index contributed by atoms with van der Waals surface area (Å²) in [6, 6.07) is 12.6. The minimum atomic E-state index is -0.164. The summed E-state index contributed by atoms with van der Waals surface area (Å²) in [6.07, 6.45) is 3.40. The van der Waals surface area contributed by atoms with E-state index in [1.807, 2.05) is 12.1 Å². The molecular weight excluding hydrogens is 392 g/mol. The predicted molar refractivity (Wildman–Crippen MR) is 123 cm³/mol. The maximum Gasteiger partial charge on any atom is 0.204 e. The van der Waals surface area contributed by atoms with Gasteiger partial charge in [-0.25, -0.2) is 0 Å². The highest BCUT2D eigenvalue weighted by atomic mass is 16.5. The van der Waals surface area contributed by atoms with Crippen molar-refractivity contribution < 1.29 is 14.3 Å². The van der Waals surface area contributed by atoms with Crippen LogP contribution in [-0.2, 0) is 6.42 Å². The zero-order chi connectivity index (χ0) is 21.8. The van der Waals surface area contributed by atoms with Crippen molar-refractivity contribution in [2.24, 2.45) is 0 Å². The van der Waals surface area contributed by atoms with E-state index in [0.717, 1.165) is 31.5 Å². The number of ether oxygens (including phenoxy) is 1. The number of fused-ring (bicyclic) bond motifs is 1. The predicted octanol–water partition coefficient (Wildman–Crippen LogP) is 3.74. The first-order valence-corrected chi connectivity index (χ1v) is 10.9. The summed E-state index contributed by atoms with van der Waals surface area (Å²) in [6.45, 7) is 5.84. The van der Waals surface area contributed by atoms with Crippen molar-refractivity contribution in [2.45, 2.75) is 19.3 Å². The van der Waals surface area contributed by atoms with Crippen LogP contribution in [0.2, 0.25) is 0 Å². The Morgan fingerprint density at radius 3 is 2.48 bits per heavy atom. The van der Waals surface area contributed by atoms with Crippen molar-refractivity contribution in [2.75, 3.05) is 46.9 Å². The Kier molecular flexibility index (Phi) is 6.59. The van der Waals surface area contributed by atoms with Crippen LogP contribution in [0.3, 0.4) is 0 Å². The second-order valence-corrected chi connectivity index (χ2v) is 8.27. The fourth-order valence-electron chi connectivity index (χ4n) is 4.10. The fraction of sp³-hybridized carbons (Fsp3) is 0.400. The highest BCUT2D eigenvalue weighted by molar-refractivity contribution is 5.86. The molecule has 4 rings (SSSR count). The van der Waals surface area contributed by atoms with Gasteiger partial charge in [-0.1, -0.05) is 24.3 Å². The first-order valence-electron chi connectivity index (χ1n) is 10.9.